The van der Waals surface area contributed by atoms with E-state index in [0.29, 0.717) is 6.54 Å². The third-order valence-electron chi connectivity index (χ3n) is 3.08. The first kappa shape index (κ1) is 21.2. The summed E-state index contributed by atoms with van der Waals surface area (Å²) in [6, 6.07) is 10.2. The van der Waals surface area contributed by atoms with Gasteiger partial charge in [-0.2, -0.15) is 0 Å². The Balaban J connectivity index is 2.85. The number of carbonyl (C=O) groups is 1. The van der Waals surface area contributed by atoms with Gasteiger partial charge < -0.3 is 4.74 Å². The van der Waals surface area contributed by atoms with Crippen molar-refractivity contribution in [3.63, 3.8) is 0 Å². The first-order chi connectivity index (χ1) is 11.5. The number of hydrogen-bond acceptors (Lipinski definition) is 3. The Morgan fingerprint density at radius 2 is 1.80 bits per heavy atom. The number of ether oxygens (including phenoxy) is 1. The molecule has 0 aliphatic heterocycles. The molecule has 136 valence electrons. The van der Waals surface area contributed by atoms with Crippen LogP contribution in [0.15, 0.2) is 36.4 Å². The summed E-state index contributed by atoms with van der Waals surface area (Å²) in [5.74, 6) is 3.14. The Morgan fingerprint density at radius 1 is 1.20 bits per heavy atom. The van der Waals surface area contributed by atoms with Gasteiger partial charge in [0.05, 0.1) is 6.54 Å². The van der Waals surface area contributed by atoms with E-state index in [9.17, 15) is 4.79 Å². The molecule has 1 aromatic carbocycles. The zero-order chi connectivity index (χ0) is 19.1. The highest BCUT2D eigenvalue weighted by Gasteiger charge is 2.17. The molecule has 1 rings (SSSR count). The highest BCUT2D eigenvalue weighted by Crippen LogP contribution is 2.14. The van der Waals surface area contributed by atoms with E-state index in [1.165, 1.54) is 0 Å². The van der Waals surface area contributed by atoms with E-state index in [1.807, 2.05) is 50.9 Å². The van der Waals surface area contributed by atoms with Crippen LogP contribution in [0.5, 0.6) is 0 Å². The molecule has 0 bridgehead atoms. The number of rotatable bonds is 5. The molecule has 0 saturated heterocycles. The van der Waals surface area contributed by atoms with E-state index in [1.54, 1.807) is 0 Å². The Kier molecular flexibility index (Phi) is 7.66. The van der Waals surface area contributed by atoms with Crippen LogP contribution in [0.1, 0.15) is 26.3 Å². The average molecular weight is 358 g/mol. The Hall–Kier alpha value is -1.83. The van der Waals surface area contributed by atoms with Crippen LogP contribution >= 0.6 is 0 Å². The maximum absolute atomic E-state index is 11.9. The SMILES string of the molecule is CN(C/C=C(/C#C[Si](C)(C)C)c1ccccc1)CC(=O)OC(C)(C)C. The van der Waals surface area contributed by atoms with E-state index < -0.39 is 13.7 Å². The average Bonchev–Trinajstić information content (AvgIpc) is 2.45. The molecule has 0 atom stereocenters. The van der Waals surface area contributed by atoms with Crippen LogP contribution in [-0.4, -0.2) is 44.7 Å². The molecule has 4 heteroatoms. The fraction of sp³-hybridized carbons (Fsp3) is 0.476. The first-order valence-electron chi connectivity index (χ1n) is 8.65. The zero-order valence-electron chi connectivity index (χ0n) is 16.6. The van der Waals surface area contributed by atoms with Gasteiger partial charge in [-0.3, -0.25) is 9.69 Å². The second-order valence-corrected chi connectivity index (χ2v) is 13.0. The van der Waals surface area contributed by atoms with Crippen molar-refractivity contribution in [1.29, 1.82) is 0 Å². The number of likely N-dealkylation sites (N-methyl/N-ethyl adjacent to an activating group) is 1. The van der Waals surface area contributed by atoms with E-state index in [0.717, 1.165) is 11.1 Å². The molecule has 0 aliphatic carbocycles. The number of allylic oxidation sites excluding steroid dienone is 1. The van der Waals surface area contributed by atoms with Gasteiger partial charge in [0.2, 0.25) is 0 Å². The Labute approximate surface area is 154 Å². The summed E-state index contributed by atoms with van der Waals surface area (Å²) in [5.41, 5.74) is 5.10. The second-order valence-electron chi connectivity index (χ2n) is 8.27. The lowest BCUT2D eigenvalue weighted by atomic mass is 10.1. The molecule has 1 aromatic rings. The third kappa shape index (κ3) is 9.91. The van der Waals surface area contributed by atoms with Crippen LogP contribution in [-0.2, 0) is 9.53 Å². The fourth-order valence-corrected chi connectivity index (χ4v) is 2.53. The molecule has 3 nitrogen and oxygen atoms in total. The summed E-state index contributed by atoms with van der Waals surface area (Å²) in [5, 5.41) is 0. The zero-order valence-corrected chi connectivity index (χ0v) is 17.6. The van der Waals surface area contributed by atoms with Gasteiger partial charge in [0.1, 0.15) is 13.7 Å². The summed E-state index contributed by atoms with van der Waals surface area (Å²) in [7, 11) is 0.460. The van der Waals surface area contributed by atoms with Gasteiger partial charge in [-0.1, -0.05) is 62.0 Å². The van der Waals surface area contributed by atoms with Gasteiger partial charge in [-0.15, -0.1) is 5.54 Å². The first-order valence-corrected chi connectivity index (χ1v) is 12.2. The predicted molar refractivity (Wildman–Crippen MR) is 109 cm³/mol. The smallest absolute Gasteiger partial charge is 0.320 e. The van der Waals surface area contributed by atoms with Crippen LogP contribution in [0.3, 0.4) is 0 Å². The monoisotopic (exact) mass is 357 g/mol. The highest BCUT2D eigenvalue weighted by atomic mass is 28.3. The minimum Gasteiger partial charge on any atom is -0.459 e. The van der Waals surface area contributed by atoms with Gasteiger partial charge in [0.15, 0.2) is 0 Å². The van der Waals surface area contributed by atoms with E-state index in [2.05, 4.69) is 49.3 Å². The normalized spacial score (nSPS) is 12.6. The van der Waals surface area contributed by atoms with Gasteiger partial charge >= 0.3 is 5.97 Å². The molecule has 0 radical (unpaired) electrons. The largest absolute Gasteiger partial charge is 0.459 e. The number of esters is 1. The number of carbonyl (C=O) groups excluding carboxylic acids is 1. The maximum Gasteiger partial charge on any atom is 0.320 e. The van der Waals surface area contributed by atoms with Crippen molar-refractivity contribution < 1.29 is 9.53 Å². The standard InChI is InChI=1S/C21H31NO2Si/c1-21(2,3)24-20(23)17-22(4)15-13-19(14-16-25(5,6)7)18-11-9-8-10-12-18/h8-13H,15,17H2,1-7H3/b19-13-. The van der Waals surface area contributed by atoms with Crippen LogP contribution < -0.4 is 0 Å². The summed E-state index contributed by atoms with van der Waals surface area (Å²) in [6.45, 7) is 13.2. The maximum atomic E-state index is 11.9. The molecule has 25 heavy (non-hydrogen) atoms. The molecule has 0 unspecified atom stereocenters. The van der Waals surface area contributed by atoms with Crippen molar-refractivity contribution in [3.05, 3.63) is 42.0 Å². The summed E-state index contributed by atoms with van der Waals surface area (Å²) in [6.07, 6.45) is 2.09. The fourth-order valence-electron chi connectivity index (χ4n) is 2.02. The number of benzene rings is 1. The van der Waals surface area contributed by atoms with Crippen molar-refractivity contribution in [3.8, 4) is 11.5 Å². The molecule has 0 spiro atoms. The lowest BCUT2D eigenvalue weighted by molar-refractivity contribution is -0.155. The minimum absolute atomic E-state index is 0.210. The van der Waals surface area contributed by atoms with Crippen LogP contribution in [0.4, 0.5) is 0 Å². The molecule has 0 N–H and O–H groups in total. The van der Waals surface area contributed by atoms with Crippen LogP contribution in [0, 0.1) is 11.5 Å². The predicted octanol–water partition coefficient (Wildman–Crippen LogP) is 4.22. The van der Waals surface area contributed by atoms with Gasteiger partial charge in [0, 0.05) is 12.1 Å². The summed E-state index contributed by atoms with van der Waals surface area (Å²) >= 11 is 0. The topological polar surface area (TPSA) is 29.5 Å². The Bertz CT molecular complexity index is 655. The third-order valence-corrected chi connectivity index (χ3v) is 3.96. The van der Waals surface area contributed by atoms with Crippen LogP contribution in [0.2, 0.25) is 19.6 Å². The summed E-state index contributed by atoms with van der Waals surface area (Å²) < 4.78 is 5.37. The molecule has 0 aromatic heterocycles. The lowest BCUT2D eigenvalue weighted by Crippen LogP contribution is -2.32. The minimum atomic E-state index is -1.45. The second kappa shape index (κ2) is 9.03. The molecule has 0 heterocycles. The van der Waals surface area contributed by atoms with Crippen molar-refractivity contribution in [2.45, 2.75) is 46.0 Å². The molecule has 0 fully saturated rings. The van der Waals surface area contributed by atoms with E-state index in [4.69, 9.17) is 4.74 Å². The molecule has 0 aliphatic rings. The molecular formula is C21H31NO2Si. The van der Waals surface area contributed by atoms with E-state index >= 15 is 0 Å². The van der Waals surface area contributed by atoms with Gasteiger partial charge in [-0.25, -0.2) is 0 Å². The lowest BCUT2D eigenvalue weighted by Gasteiger charge is -2.22. The van der Waals surface area contributed by atoms with Crippen molar-refractivity contribution in [1.82, 2.24) is 4.90 Å². The van der Waals surface area contributed by atoms with E-state index in [-0.39, 0.29) is 12.5 Å². The van der Waals surface area contributed by atoms with Gasteiger partial charge in [-0.05, 0) is 33.4 Å². The summed E-state index contributed by atoms with van der Waals surface area (Å²) in [4.78, 5) is 13.9. The molecule has 0 amide bonds. The van der Waals surface area contributed by atoms with Crippen molar-refractivity contribution in [2.75, 3.05) is 20.1 Å². The van der Waals surface area contributed by atoms with Crippen molar-refractivity contribution in [2.24, 2.45) is 0 Å². The molecular weight excluding hydrogens is 326 g/mol. The highest BCUT2D eigenvalue weighted by molar-refractivity contribution is 6.84. The Morgan fingerprint density at radius 3 is 2.32 bits per heavy atom. The number of hydrogen-bond donors (Lipinski definition) is 0. The van der Waals surface area contributed by atoms with Crippen LogP contribution in [0.25, 0.3) is 5.57 Å². The quantitative estimate of drug-likeness (QED) is 0.449. The van der Waals surface area contributed by atoms with Crippen molar-refractivity contribution >= 4 is 19.6 Å². The number of nitrogens with zero attached hydrogens (tertiary/aromatic N) is 1. The van der Waals surface area contributed by atoms with Gasteiger partial charge in [0.25, 0.3) is 0 Å². The molecule has 0 saturated carbocycles.